The Bertz CT molecular complexity index is 563. The number of nitrogens with zero attached hydrogens (tertiary/aromatic N) is 3. The molecule has 1 aromatic carbocycles. The summed E-state index contributed by atoms with van der Waals surface area (Å²) in [5.74, 6) is 0.490. The molecule has 5 heteroatoms. The Morgan fingerprint density at radius 2 is 1.81 bits per heavy atom. The fraction of sp³-hybridized carbons (Fsp3) is 0.500. The maximum absolute atomic E-state index is 11.5. The van der Waals surface area contributed by atoms with Crippen LogP contribution in [-0.2, 0) is 4.79 Å². The van der Waals surface area contributed by atoms with Gasteiger partial charge in [-0.1, -0.05) is 18.2 Å². The quantitative estimate of drug-likeness (QED) is 0.923. The first-order chi connectivity index (χ1) is 9.66. The first-order valence-corrected chi connectivity index (χ1v) is 7.11. The number of aliphatic imine (C=N–C) groups is 1. The number of likely N-dealkylation sites (N-methyl/N-ethyl adjacent to an activating group) is 1. The van der Waals surface area contributed by atoms with E-state index in [2.05, 4.69) is 32.6 Å². The van der Waals surface area contributed by atoms with E-state index in [1.807, 2.05) is 42.3 Å². The van der Waals surface area contributed by atoms with Crippen molar-refractivity contribution in [3.63, 3.8) is 0 Å². The molecule has 1 heterocycles. The second kappa shape index (κ2) is 5.15. The van der Waals surface area contributed by atoms with Crippen LogP contribution in [0.4, 0.5) is 5.69 Å². The number of hydrogen-bond donors (Lipinski definition) is 1. The van der Waals surface area contributed by atoms with Crippen LogP contribution in [0.2, 0.25) is 0 Å². The monoisotopic (exact) mass is 288 g/mol. The lowest BCUT2D eigenvalue weighted by Crippen LogP contribution is -2.54. The number of anilines is 1. The van der Waals surface area contributed by atoms with Crippen LogP contribution in [0, 0.1) is 0 Å². The van der Waals surface area contributed by atoms with Crippen LogP contribution in [0.25, 0.3) is 0 Å². The number of primary amides is 1. The molecule has 0 unspecified atom stereocenters. The van der Waals surface area contributed by atoms with Crippen LogP contribution in [0.5, 0.6) is 0 Å². The Kier molecular flexibility index (Phi) is 3.80. The number of carbonyl (C=O) groups excluding carboxylic acids is 1. The summed E-state index contributed by atoms with van der Waals surface area (Å²) in [6.45, 7) is 8.47. The lowest BCUT2D eigenvalue weighted by Gasteiger charge is -2.38. The highest BCUT2D eigenvalue weighted by Crippen LogP contribution is 2.35. The molecule has 1 aromatic rings. The number of hydrogen-bond acceptors (Lipinski definition) is 4. The molecule has 114 valence electrons. The van der Waals surface area contributed by atoms with Crippen molar-refractivity contribution >= 4 is 17.4 Å². The predicted molar refractivity (Wildman–Crippen MR) is 86.3 cm³/mol. The summed E-state index contributed by atoms with van der Waals surface area (Å²) in [7, 11) is 2.05. The summed E-state index contributed by atoms with van der Waals surface area (Å²) in [5.41, 5.74) is 5.77. The van der Waals surface area contributed by atoms with E-state index in [4.69, 9.17) is 10.7 Å². The SMILES string of the molecule is CN1C(C)(C)N=C(N(CC(N)=O)c2ccccc2)C1(C)C. The van der Waals surface area contributed by atoms with Gasteiger partial charge in [-0.15, -0.1) is 0 Å². The van der Waals surface area contributed by atoms with Gasteiger partial charge in [0.1, 0.15) is 18.0 Å². The van der Waals surface area contributed by atoms with E-state index >= 15 is 0 Å². The standard InChI is InChI=1S/C16H24N4O/c1-15(2)14(18-16(3,4)19(15)5)20(11-13(17)21)12-9-7-6-8-10-12/h6-10H,11H2,1-5H3,(H2,17,21). The average Bonchev–Trinajstić information content (AvgIpc) is 2.57. The highest BCUT2D eigenvalue weighted by Gasteiger charge is 2.47. The summed E-state index contributed by atoms with van der Waals surface area (Å²) < 4.78 is 0. The van der Waals surface area contributed by atoms with E-state index in [1.54, 1.807) is 0 Å². The minimum Gasteiger partial charge on any atom is -0.368 e. The lowest BCUT2D eigenvalue weighted by atomic mass is 10.00. The van der Waals surface area contributed by atoms with Gasteiger partial charge >= 0.3 is 0 Å². The number of para-hydroxylation sites is 1. The minimum atomic E-state index is -0.371. The highest BCUT2D eigenvalue weighted by atomic mass is 16.1. The molecule has 0 bridgehead atoms. The number of amides is 1. The van der Waals surface area contributed by atoms with E-state index in [9.17, 15) is 4.79 Å². The number of nitrogens with two attached hydrogens (primary N) is 1. The predicted octanol–water partition coefficient (Wildman–Crippen LogP) is 1.84. The Morgan fingerprint density at radius 1 is 1.24 bits per heavy atom. The van der Waals surface area contributed by atoms with Crippen molar-refractivity contribution in [3.05, 3.63) is 30.3 Å². The number of carbonyl (C=O) groups is 1. The van der Waals surface area contributed by atoms with Gasteiger partial charge in [-0.25, -0.2) is 4.99 Å². The zero-order chi connectivity index (χ0) is 15.8. The van der Waals surface area contributed by atoms with Gasteiger partial charge in [0.05, 0.1) is 5.54 Å². The smallest absolute Gasteiger partial charge is 0.237 e. The summed E-state index contributed by atoms with van der Waals surface area (Å²) in [6, 6.07) is 9.77. The van der Waals surface area contributed by atoms with E-state index in [0.717, 1.165) is 11.5 Å². The second-order valence-corrected chi connectivity index (χ2v) is 6.44. The van der Waals surface area contributed by atoms with Gasteiger partial charge in [0.2, 0.25) is 5.91 Å². The molecule has 0 saturated heterocycles. The van der Waals surface area contributed by atoms with E-state index < -0.39 is 0 Å². The van der Waals surface area contributed by atoms with Crippen molar-refractivity contribution in [1.82, 2.24) is 4.90 Å². The third-order valence-corrected chi connectivity index (χ3v) is 4.22. The molecule has 0 fully saturated rings. The van der Waals surface area contributed by atoms with Crippen LogP contribution >= 0.6 is 0 Å². The van der Waals surface area contributed by atoms with Crippen molar-refractivity contribution in [3.8, 4) is 0 Å². The Balaban J connectivity index is 2.49. The van der Waals surface area contributed by atoms with Gasteiger partial charge in [-0.05, 0) is 46.9 Å². The molecule has 1 aliphatic rings. The highest BCUT2D eigenvalue weighted by molar-refractivity contribution is 6.08. The van der Waals surface area contributed by atoms with Crippen LogP contribution in [0.3, 0.4) is 0 Å². The van der Waals surface area contributed by atoms with Crippen molar-refractivity contribution in [1.29, 1.82) is 0 Å². The molecule has 5 nitrogen and oxygen atoms in total. The first-order valence-electron chi connectivity index (χ1n) is 7.11. The van der Waals surface area contributed by atoms with Crippen molar-refractivity contribution in [2.24, 2.45) is 10.7 Å². The van der Waals surface area contributed by atoms with Gasteiger partial charge in [0, 0.05) is 5.69 Å². The molecule has 0 atom stereocenters. The fourth-order valence-corrected chi connectivity index (χ4v) is 2.75. The zero-order valence-corrected chi connectivity index (χ0v) is 13.4. The summed E-state index contributed by atoms with van der Waals surface area (Å²) in [6.07, 6.45) is 0. The average molecular weight is 288 g/mol. The molecule has 1 amide bonds. The van der Waals surface area contributed by atoms with Crippen LogP contribution in [0.1, 0.15) is 27.7 Å². The first kappa shape index (κ1) is 15.5. The second-order valence-electron chi connectivity index (χ2n) is 6.44. The van der Waals surface area contributed by atoms with Crippen molar-refractivity contribution < 1.29 is 4.79 Å². The van der Waals surface area contributed by atoms with E-state index in [1.165, 1.54) is 0 Å². The maximum Gasteiger partial charge on any atom is 0.237 e. The summed E-state index contributed by atoms with van der Waals surface area (Å²) in [5, 5.41) is 0. The molecule has 0 aromatic heterocycles. The van der Waals surface area contributed by atoms with Gasteiger partial charge < -0.3 is 10.6 Å². The molecule has 21 heavy (non-hydrogen) atoms. The topological polar surface area (TPSA) is 61.9 Å². The molecular weight excluding hydrogens is 264 g/mol. The third kappa shape index (κ3) is 2.78. The van der Waals surface area contributed by atoms with Gasteiger partial charge in [-0.2, -0.15) is 0 Å². The van der Waals surface area contributed by atoms with E-state index in [-0.39, 0.29) is 23.7 Å². The van der Waals surface area contributed by atoms with Gasteiger partial charge in [0.15, 0.2) is 0 Å². The molecule has 0 radical (unpaired) electrons. The fourth-order valence-electron chi connectivity index (χ4n) is 2.75. The van der Waals surface area contributed by atoms with Crippen LogP contribution in [-0.4, -0.2) is 41.4 Å². The number of rotatable bonds is 3. The lowest BCUT2D eigenvalue weighted by molar-refractivity contribution is -0.116. The molecule has 2 N–H and O–H groups in total. The Morgan fingerprint density at radius 3 is 2.24 bits per heavy atom. The zero-order valence-electron chi connectivity index (χ0n) is 13.4. The van der Waals surface area contributed by atoms with Gasteiger partial charge in [-0.3, -0.25) is 9.69 Å². The molecule has 0 saturated carbocycles. The maximum atomic E-state index is 11.5. The van der Waals surface area contributed by atoms with Crippen LogP contribution < -0.4 is 10.6 Å². The number of amidine groups is 1. The van der Waals surface area contributed by atoms with E-state index in [0.29, 0.717) is 0 Å². The van der Waals surface area contributed by atoms with Gasteiger partial charge in [0.25, 0.3) is 0 Å². The molecular formula is C16H24N4O. The Hall–Kier alpha value is -1.88. The Labute approximate surface area is 126 Å². The molecule has 0 aliphatic carbocycles. The molecule has 1 aliphatic heterocycles. The largest absolute Gasteiger partial charge is 0.368 e. The minimum absolute atomic E-state index is 0.121. The summed E-state index contributed by atoms with van der Waals surface area (Å²) >= 11 is 0. The normalized spacial score (nSPS) is 20.1. The molecule has 2 rings (SSSR count). The summed E-state index contributed by atoms with van der Waals surface area (Å²) in [4.78, 5) is 20.5. The van der Waals surface area contributed by atoms with Crippen molar-refractivity contribution in [2.45, 2.75) is 38.9 Å². The number of benzene rings is 1. The molecule has 0 spiro atoms. The van der Waals surface area contributed by atoms with Crippen molar-refractivity contribution in [2.75, 3.05) is 18.5 Å². The van der Waals surface area contributed by atoms with Crippen LogP contribution in [0.15, 0.2) is 35.3 Å². The third-order valence-electron chi connectivity index (χ3n) is 4.22.